The number of aromatic nitrogens is 2. The lowest BCUT2D eigenvalue weighted by Gasteiger charge is -2.11. The van der Waals surface area contributed by atoms with E-state index in [-0.39, 0.29) is 5.56 Å². The number of nitrogens with one attached hydrogen (secondary N) is 1. The van der Waals surface area contributed by atoms with Crippen LogP contribution >= 0.6 is 0 Å². The van der Waals surface area contributed by atoms with E-state index in [1.165, 1.54) is 0 Å². The third-order valence-electron chi connectivity index (χ3n) is 3.34. The first-order chi connectivity index (χ1) is 9.77. The highest BCUT2D eigenvalue weighted by atomic mass is 16.1. The van der Waals surface area contributed by atoms with Crippen molar-refractivity contribution < 1.29 is 0 Å². The van der Waals surface area contributed by atoms with Gasteiger partial charge in [0.05, 0.1) is 5.69 Å². The normalized spacial score (nSPS) is 10.4. The minimum Gasteiger partial charge on any atom is -0.328 e. The van der Waals surface area contributed by atoms with Crippen molar-refractivity contribution in [2.24, 2.45) is 0 Å². The van der Waals surface area contributed by atoms with Crippen LogP contribution in [0.2, 0.25) is 0 Å². The number of nitrogens with zero attached hydrogens (tertiary/aromatic N) is 1. The Morgan fingerprint density at radius 2 is 1.75 bits per heavy atom. The number of pyridine rings is 2. The topological polar surface area (TPSA) is 45.8 Å². The minimum absolute atomic E-state index is 0.0784. The van der Waals surface area contributed by atoms with E-state index in [0.29, 0.717) is 5.56 Å². The third-order valence-corrected chi connectivity index (χ3v) is 3.34. The van der Waals surface area contributed by atoms with Gasteiger partial charge in [0.25, 0.3) is 5.56 Å². The minimum atomic E-state index is -0.0784. The smallest absolute Gasteiger partial charge is 0.251 e. The molecular weight excluding hydrogens is 248 g/mol. The molecule has 3 nitrogen and oxygen atoms in total. The van der Waals surface area contributed by atoms with Crippen molar-refractivity contribution in [3.63, 3.8) is 0 Å². The summed E-state index contributed by atoms with van der Waals surface area (Å²) in [5, 5.41) is 0. The zero-order valence-electron chi connectivity index (χ0n) is 11.1. The van der Waals surface area contributed by atoms with E-state index >= 15 is 0 Å². The van der Waals surface area contributed by atoms with Crippen LogP contribution in [0.25, 0.3) is 22.4 Å². The lowest BCUT2D eigenvalue weighted by molar-refractivity contribution is 1.17. The maximum atomic E-state index is 11.9. The van der Waals surface area contributed by atoms with E-state index in [0.717, 1.165) is 22.4 Å². The quantitative estimate of drug-likeness (QED) is 0.769. The molecule has 3 heteroatoms. The predicted molar refractivity (Wildman–Crippen MR) is 80.5 cm³/mol. The van der Waals surface area contributed by atoms with Gasteiger partial charge >= 0.3 is 0 Å². The first kappa shape index (κ1) is 12.4. The molecule has 0 amide bonds. The summed E-state index contributed by atoms with van der Waals surface area (Å²) in [4.78, 5) is 19.1. The highest BCUT2D eigenvalue weighted by molar-refractivity contribution is 5.83. The van der Waals surface area contributed by atoms with Crippen LogP contribution < -0.4 is 5.56 Å². The summed E-state index contributed by atoms with van der Waals surface area (Å²) in [7, 11) is 0. The van der Waals surface area contributed by atoms with Crippen molar-refractivity contribution in [2.75, 3.05) is 0 Å². The molecule has 0 aliphatic carbocycles. The van der Waals surface area contributed by atoms with E-state index < -0.39 is 0 Å². The molecule has 3 rings (SSSR count). The van der Waals surface area contributed by atoms with E-state index in [1.54, 1.807) is 12.4 Å². The Hall–Kier alpha value is -2.68. The Morgan fingerprint density at radius 1 is 1.00 bits per heavy atom. The molecule has 3 aromatic rings. The molecule has 2 aromatic heterocycles. The summed E-state index contributed by atoms with van der Waals surface area (Å²) in [5.74, 6) is 0. The highest BCUT2D eigenvalue weighted by Gasteiger charge is 2.13. The average molecular weight is 262 g/mol. The Balaban J connectivity index is 2.32. The second-order valence-electron chi connectivity index (χ2n) is 4.61. The molecular formula is C17H14N2O. The summed E-state index contributed by atoms with van der Waals surface area (Å²) < 4.78 is 0. The lowest BCUT2D eigenvalue weighted by atomic mass is 9.96. The Bertz CT molecular complexity index is 777. The fraction of sp³-hybridized carbons (Fsp3) is 0.0588. The van der Waals surface area contributed by atoms with Crippen molar-refractivity contribution in [1.29, 1.82) is 0 Å². The average Bonchev–Trinajstić information content (AvgIpc) is 2.51. The standard InChI is InChI=1S/C17H14N2O/c1-12-16(15-9-5-6-10-18-15)14(11-19-17(12)20)13-7-3-2-4-8-13/h2-11H,1H3,(H,19,20). The van der Waals surface area contributed by atoms with Gasteiger partial charge in [0.2, 0.25) is 0 Å². The lowest BCUT2D eigenvalue weighted by Crippen LogP contribution is -2.11. The zero-order chi connectivity index (χ0) is 13.9. The number of rotatable bonds is 2. The molecule has 0 aliphatic heterocycles. The summed E-state index contributed by atoms with van der Waals surface area (Å²) in [6.07, 6.45) is 3.50. The van der Waals surface area contributed by atoms with Crippen molar-refractivity contribution >= 4 is 0 Å². The molecule has 0 bridgehead atoms. The summed E-state index contributed by atoms with van der Waals surface area (Å²) in [5.41, 5.74) is 4.36. The van der Waals surface area contributed by atoms with E-state index in [2.05, 4.69) is 9.97 Å². The Morgan fingerprint density at radius 3 is 2.45 bits per heavy atom. The number of aromatic amines is 1. The Labute approximate surface area is 117 Å². The van der Waals surface area contributed by atoms with E-state index in [1.807, 2.05) is 55.5 Å². The summed E-state index contributed by atoms with van der Waals surface area (Å²) >= 11 is 0. The van der Waals surface area contributed by atoms with Gasteiger partial charge in [0.1, 0.15) is 0 Å². The molecule has 0 saturated carbocycles. The van der Waals surface area contributed by atoms with Gasteiger partial charge in [-0.05, 0) is 24.6 Å². The molecule has 98 valence electrons. The second kappa shape index (κ2) is 5.13. The molecule has 0 radical (unpaired) electrons. The number of hydrogen-bond acceptors (Lipinski definition) is 2. The van der Waals surface area contributed by atoms with Gasteiger partial charge in [-0.25, -0.2) is 0 Å². The SMILES string of the molecule is Cc1c(-c2ccccn2)c(-c2ccccc2)c[nH]c1=O. The van der Waals surface area contributed by atoms with Gasteiger partial charge in [-0.15, -0.1) is 0 Å². The summed E-state index contributed by atoms with van der Waals surface area (Å²) in [6, 6.07) is 15.7. The molecule has 0 unspecified atom stereocenters. The maximum Gasteiger partial charge on any atom is 0.251 e. The molecule has 1 aromatic carbocycles. The van der Waals surface area contributed by atoms with Gasteiger partial charge < -0.3 is 4.98 Å². The van der Waals surface area contributed by atoms with Crippen LogP contribution in [0.1, 0.15) is 5.56 Å². The van der Waals surface area contributed by atoms with Crippen molar-refractivity contribution in [2.45, 2.75) is 6.92 Å². The van der Waals surface area contributed by atoms with Crippen LogP contribution in [0.3, 0.4) is 0 Å². The molecule has 0 saturated heterocycles. The van der Waals surface area contributed by atoms with Gasteiger partial charge in [0, 0.05) is 29.1 Å². The fourth-order valence-electron chi connectivity index (χ4n) is 2.32. The van der Waals surface area contributed by atoms with Gasteiger partial charge in [-0.2, -0.15) is 0 Å². The molecule has 20 heavy (non-hydrogen) atoms. The number of hydrogen-bond donors (Lipinski definition) is 1. The Kier molecular flexibility index (Phi) is 3.17. The van der Waals surface area contributed by atoms with Crippen molar-refractivity contribution in [3.05, 3.63) is 76.8 Å². The number of H-pyrrole nitrogens is 1. The predicted octanol–water partition coefficient (Wildman–Crippen LogP) is 3.41. The fourth-order valence-corrected chi connectivity index (χ4v) is 2.32. The van der Waals surface area contributed by atoms with Crippen LogP contribution in [-0.4, -0.2) is 9.97 Å². The molecule has 0 aliphatic rings. The van der Waals surface area contributed by atoms with Crippen molar-refractivity contribution in [1.82, 2.24) is 9.97 Å². The summed E-state index contributed by atoms with van der Waals surface area (Å²) in [6.45, 7) is 1.83. The molecule has 0 spiro atoms. The van der Waals surface area contributed by atoms with Crippen LogP contribution in [0.4, 0.5) is 0 Å². The maximum absolute atomic E-state index is 11.9. The van der Waals surface area contributed by atoms with Crippen LogP contribution in [0.5, 0.6) is 0 Å². The van der Waals surface area contributed by atoms with E-state index in [9.17, 15) is 4.79 Å². The molecule has 1 N–H and O–H groups in total. The molecule has 0 atom stereocenters. The zero-order valence-corrected chi connectivity index (χ0v) is 11.1. The first-order valence-electron chi connectivity index (χ1n) is 6.46. The van der Waals surface area contributed by atoms with Crippen LogP contribution in [0, 0.1) is 6.92 Å². The first-order valence-corrected chi connectivity index (χ1v) is 6.46. The van der Waals surface area contributed by atoms with Gasteiger partial charge in [-0.3, -0.25) is 9.78 Å². The largest absolute Gasteiger partial charge is 0.328 e. The second-order valence-corrected chi connectivity index (χ2v) is 4.61. The molecule has 0 fully saturated rings. The molecule has 2 heterocycles. The van der Waals surface area contributed by atoms with Crippen LogP contribution in [0.15, 0.2) is 65.7 Å². The van der Waals surface area contributed by atoms with Gasteiger partial charge in [-0.1, -0.05) is 36.4 Å². The van der Waals surface area contributed by atoms with Crippen molar-refractivity contribution in [3.8, 4) is 22.4 Å². The highest BCUT2D eigenvalue weighted by Crippen LogP contribution is 2.31. The van der Waals surface area contributed by atoms with Crippen LogP contribution in [-0.2, 0) is 0 Å². The van der Waals surface area contributed by atoms with Gasteiger partial charge in [0.15, 0.2) is 0 Å². The monoisotopic (exact) mass is 262 g/mol. The third kappa shape index (κ3) is 2.14. The van der Waals surface area contributed by atoms with E-state index in [4.69, 9.17) is 0 Å². The number of benzene rings is 1.